The summed E-state index contributed by atoms with van der Waals surface area (Å²) >= 11 is 3.74. The van der Waals surface area contributed by atoms with E-state index in [2.05, 4.69) is 51.8 Å². The molecule has 2 fully saturated rings. The summed E-state index contributed by atoms with van der Waals surface area (Å²) < 4.78 is 3.38. The molecule has 20 heavy (non-hydrogen) atoms. The third-order valence-corrected chi connectivity index (χ3v) is 6.21. The van der Waals surface area contributed by atoms with Gasteiger partial charge in [-0.3, -0.25) is 4.68 Å². The Morgan fingerprint density at radius 1 is 1.30 bits per heavy atom. The average molecular weight is 340 g/mol. The summed E-state index contributed by atoms with van der Waals surface area (Å²) in [6.07, 6.45) is 5.50. The van der Waals surface area contributed by atoms with Crippen molar-refractivity contribution in [3.05, 3.63) is 15.9 Å². The van der Waals surface area contributed by atoms with Gasteiger partial charge < -0.3 is 5.32 Å². The summed E-state index contributed by atoms with van der Waals surface area (Å²) in [4.78, 5) is 0. The van der Waals surface area contributed by atoms with Crippen LogP contribution in [0, 0.1) is 24.7 Å². The van der Waals surface area contributed by atoms with E-state index in [-0.39, 0.29) is 0 Å². The molecule has 0 spiro atoms. The molecule has 3 rings (SSSR count). The van der Waals surface area contributed by atoms with Crippen LogP contribution in [0.25, 0.3) is 0 Å². The summed E-state index contributed by atoms with van der Waals surface area (Å²) in [5.74, 6) is 2.98. The molecule has 0 aliphatic heterocycles. The van der Waals surface area contributed by atoms with Crippen molar-refractivity contribution in [3.8, 4) is 0 Å². The maximum absolute atomic E-state index is 4.63. The standard InChI is InChI=1S/C16H26BrN3/c1-4-18-14(13-7-11-6-12(11)8-13)9-15-16(17)10(3)19-20(15)5-2/h11-14,18H,4-9H2,1-3H3. The molecular formula is C16H26BrN3. The van der Waals surface area contributed by atoms with Gasteiger partial charge in [-0.1, -0.05) is 6.92 Å². The third kappa shape index (κ3) is 2.69. The SMILES string of the molecule is CCNC(Cc1c(Br)c(C)nn1CC)C1CC2CC2C1. The maximum Gasteiger partial charge on any atom is 0.0738 e. The first-order valence-electron chi connectivity index (χ1n) is 8.09. The number of likely N-dealkylation sites (N-methyl/N-ethyl adjacent to an activating group) is 1. The summed E-state index contributed by atoms with van der Waals surface area (Å²) in [5, 5.41) is 8.37. The predicted octanol–water partition coefficient (Wildman–Crippen LogP) is 3.54. The van der Waals surface area contributed by atoms with E-state index in [1.54, 1.807) is 0 Å². The molecule has 3 nitrogen and oxygen atoms in total. The zero-order chi connectivity index (χ0) is 14.3. The number of nitrogens with one attached hydrogen (secondary N) is 1. The quantitative estimate of drug-likeness (QED) is 0.858. The molecule has 2 aliphatic rings. The van der Waals surface area contributed by atoms with Crippen molar-refractivity contribution in [3.63, 3.8) is 0 Å². The monoisotopic (exact) mass is 339 g/mol. The van der Waals surface area contributed by atoms with Gasteiger partial charge in [-0.25, -0.2) is 0 Å². The van der Waals surface area contributed by atoms with Crippen molar-refractivity contribution in [2.45, 2.75) is 59.0 Å². The van der Waals surface area contributed by atoms with Gasteiger partial charge in [0.15, 0.2) is 0 Å². The van der Waals surface area contributed by atoms with E-state index >= 15 is 0 Å². The van der Waals surface area contributed by atoms with E-state index < -0.39 is 0 Å². The summed E-state index contributed by atoms with van der Waals surface area (Å²) in [5.41, 5.74) is 2.49. The van der Waals surface area contributed by atoms with Gasteiger partial charge in [0, 0.05) is 19.0 Å². The number of hydrogen-bond donors (Lipinski definition) is 1. The highest BCUT2D eigenvalue weighted by Crippen LogP contribution is 2.55. The molecule has 3 unspecified atom stereocenters. The fourth-order valence-electron chi connectivity index (χ4n) is 4.03. The molecule has 1 N–H and O–H groups in total. The molecule has 2 aliphatic carbocycles. The summed E-state index contributed by atoms with van der Waals surface area (Å²) in [7, 11) is 0. The van der Waals surface area contributed by atoms with Crippen LogP contribution in [0.2, 0.25) is 0 Å². The lowest BCUT2D eigenvalue weighted by Gasteiger charge is -2.26. The molecule has 4 heteroatoms. The zero-order valence-electron chi connectivity index (χ0n) is 12.8. The van der Waals surface area contributed by atoms with Crippen molar-refractivity contribution in [1.29, 1.82) is 0 Å². The van der Waals surface area contributed by atoms with E-state index in [0.717, 1.165) is 43.0 Å². The van der Waals surface area contributed by atoms with Gasteiger partial charge in [0.1, 0.15) is 0 Å². The van der Waals surface area contributed by atoms with E-state index in [4.69, 9.17) is 0 Å². The first kappa shape index (κ1) is 14.6. The van der Waals surface area contributed by atoms with Crippen LogP contribution in [-0.4, -0.2) is 22.4 Å². The smallest absolute Gasteiger partial charge is 0.0738 e. The van der Waals surface area contributed by atoms with Crippen molar-refractivity contribution in [2.24, 2.45) is 17.8 Å². The minimum atomic E-state index is 0.616. The van der Waals surface area contributed by atoms with Gasteiger partial charge in [-0.2, -0.15) is 5.10 Å². The van der Waals surface area contributed by atoms with Crippen LogP contribution in [0.3, 0.4) is 0 Å². The van der Waals surface area contributed by atoms with Crippen molar-refractivity contribution >= 4 is 15.9 Å². The third-order valence-electron chi connectivity index (χ3n) is 5.18. The highest BCUT2D eigenvalue weighted by Gasteiger charge is 2.47. The maximum atomic E-state index is 4.63. The number of halogens is 1. The molecule has 3 atom stereocenters. The molecule has 1 aromatic rings. The van der Waals surface area contributed by atoms with Crippen LogP contribution in [0.4, 0.5) is 0 Å². The lowest BCUT2D eigenvalue weighted by Crippen LogP contribution is -2.38. The van der Waals surface area contributed by atoms with E-state index in [1.807, 2.05) is 0 Å². The number of aromatic nitrogens is 2. The molecule has 112 valence electrons. The fraction of sp³-hybridized carbons (Fsp3) is 0.812. The topological polar surface area (TPSA) is 29.9 Å². The lowest BCUT2D eigenvalue weighted by molar-refractivity contribution is 0.331. The molecule has 0 saturated heterocycles. The molecule has 1 aromatic heterocycles. The second-order valence-electron chi connectivity index (χ2n) is 6.52. The van der Waals surface area contributed by atoms with Crippen molar-refractivity contribution < 1.29 is 0 Å². The molecule has 0 amide bonds. The van der Waals surface area contributed by atoms with Crippen LogP contribution in [0.1, 0.15) is 44.5 Å². The molecule has 1 heterocycles. The van der Waals surface area contributed by atoms with Crippen LogP contribution in [0.5, 0.6) is 0 Å². The summed E-state index contributed by atoms with van der Waals surface area (Å²) in [6.45, 7) is 8.51. The predicted molar refractivity (Wildman–Crippen MR) is 85.8 cm³/mol. The van der Waals surface area contributed by atoms with E-state index in [0.29, 0.717) is 6.04 Å². The van der Waals surface area contributed by atoms with Gasteiger partial charge in [0.25, 0.3) is 0 Å². The molecule has 0 radical (unpaired) electrons. The summed E-state index contributed by atoms with van der Waals surface area (Å²) in [6, 6.07) is 0.616. The van der Waals surface area contributed by atoms with Gasteiger partial charge >= 0.3 is 0 Å². The Bertz CT molecular complexity index is 472. The van der Waals surface area contributed by atoms with Crippen molar-refractivity contribution in [2.75, 3.05) is 6.54 Å². The Hall–Kier alpha value is -0.350. The Kier molecular flexibility index (Phi) is 4.23. The molecule has 0 bridgehead atoms. The Morgan fingerprint density at radius 3 is 2.60 bits per heavy atom. The first-order chi connectivity index (χ1) is 9.63. The number of aryl methyl sites for hydroxylation is 2. The number of rotatable bonds is 6. The fourth-order valence-corrected chi connectivity index (χ4v) is 4.48. The van der Waals surface area contributed by atoms with Gasteiger partial charge in [0.05, 0.1) is 15.9 Å². The highest BCUT2D eigenvalue weighted by atomic mass is 79.9. The lowest BCUT2D eigenvalue weighted by atomic mass is 9.91. The Balaban J connectivity index is 1.75. The second kappa shape index (κ2) is 5.80. The van der Waals surface area contributed by atoms with Gasteiger partial charge in [0.2, 0.25) is 0 Å². The highest BCUT2D eigenvalue weighted by molar-refractivity contribution is 9.10. The Morgan fingerprint density at radius 2 is 2.00 bits per heavy atom. The van der Waals surface area contributed by atoms with E-state index in [1.165, 1.54) is 29.4 Å². The zero-order valence-corrected chi connectivity index (χ0v) is 14.4. The van der Waals surface area contributed by atoms with Gasteiger partial charge in [-0.15, -0.1) is 0 Å². The first-order valence-corrected chi connectivity index (χ1v) is 8.88. The second-order valence-corrected chi connectivity index (χ2v) is 7.31. The molecule has 2 saturated carbocycles. The van der Waals surface area contributed by atoms with E-state index in [9.17, 15) is 0 Å². The minimum absolute atomic E-state index is 0.616. The van der Waals surface area contributed by atoms with Crippen LogP contribution in [0.15, 0.2) is 4.47 Å². The number of nitrogens with zero attached hydrogens (tertiary/aromatic N) is 2. The molecular weight excluding hydrogens is 314 g/mol. The van der Waals surface area contributed by atoms with Crippen LogP contribution in [-0.2, 0) is 13.0 Å². The average Bonchev–Trinajstić information content (AvgIpc) is 2.96. The van der Waals surface area contributed by atoms with Crippen LogP contribution < -0.4 is 5.32 Å². The molecule has 0 aromatic carbocycles. The minimum Gasteiger partial charge on any atom is -0.314 e. The largest absolute Gasteiger partial charge is 0.314 e. The number of hydrogen-bond acceptors (Lipinski definition) is 2. The van der Waals surface area contributed by atoms with Gasteiger partial charge in [-0.05, 0) is 73.3 Å². The Labute approximate surface area is 130 Å². The van der Waals surface area contributed by atoms with Crippen molar-refractivity contribution in [1.82, 2.24) is 15.1 Å². The normalized spacial score (nSPS) is 29.5. The van der Waals surface area contributed by atoms with Crippen LogP contribution >= 0.6 is 15.9 Å². The number of fused-ring (bicyclic) bond motifs is 1.